The number of hydrogen-bond acceptors (Lipinski definition) is 10. The summed E-state index contributed by atoms with van der Waals surface area (Å²) in [5.74, 6) is -0.423. The molecule has 1 fully saturated rings. The first-order valence-electron chi connectivity index (χ1n) is 8.21. The van der Waals surface area contributed by atoms with Gasteiger partial charge in [-0.15, -0.1) is 0 Å². The zero-order valence-corrected chi connectivity index (χ0v) is 15.0. The van der Waals surface area contributed by atoms with Gasteiger partial charge < -0.3 is 9.99 Å². The van der Waals surface area contributed by atoms with Gasteiger partial charge in [0.2, 0.25) is 0 Å². The van der Waals surface area contributed by atoms with E-state index in [1.807, 2.05) is 0 Å². The van der Waals surface area contributed by atoms with Gasteiger partial charge in [-0.05, 0) is 12.3 Å². The van der Waals surface area contributed by atoms with Gasteiger partial charge >= 0.3 is 5.97 Å². The van der Waals surface area contributed by atoms with Crippen molar-refractivity contribution in [1.82, 2.24) is 0 Å². The van der Waals surface area contributed by atoms with Gasteiger partial charge in [0.05, 0.1) is 34.1 Å². The number of nitro benzene ring substituents is 2. The van der Waals surface area contributed by atoms with Crippen LogP contribution in [0, 0.1) is 26.1 Å². The van der Waals surface area contributed by atoms with Crippen LogP contribution in [-0.4, -0.2) is 22.4 Å². The minimum Gasteiger partial charge on any atom is -0.691 e. The minimum atomic E-state index is -0.928. The summed E-state index contributed by atoms with van der Waals surface area (Å²) in [7, 11) is 0. The number of nitro groups is 2. The number of carbonyl (C=O) groups excluding carboxylic acids is 1. The van der Waals surface area contributed by atoms with Crippen LogP contribution in [0.4, 0.5) is 11.4 Å². The SMILES string of the molecule is O=C(OCCC1CCCCC1)c1cc([N+](=O)[O-])c(SOO[O-])c([N+](=O)[O-])c1. The average molecular weight is 401 g/mol. The van der Waals surface area contributed by atoms with E-state index in [2.05, 4.69) is 9.37 Å². The summed E-state index contributed by atoms with van der Waals surface area (Å²) >= 11 is 0.0172. The fourth-order valence-electron chi connectivity index (χ4n) is 3.00. The van der Waals surface area contributed by atoms with Gasteiger partial charge in [-0.25, -0.2) is 4.79 Å². The topological polar surface area (TPSA) is 154 Å². The molecule has 1 aliphatic carbocycles. The first-order chi connectivity index (χ1) is 12.9. The van der Waals surface area contributed by atoms with Crippen LogP contribution in [0.1, 0.15) is 48.9 Å². The van der Waals surface area contributed by atoms with Crippen molar-refractivity contribution in [3.8, 4) is 0 Å². The van der Waals surface area contributed by atoms with Crippen LogP contribution in [0.3, 0.4) is 0 Å². The molecule has 0 aromatic heterocycles. The molecule has 1 aromatic carbocycles. The molecule has 0 spiro atoms. The summed E-state index contributed by atoms with van der Waals surface area (Å²) in [5.41, 5.74) is -1.87. The Morgan fingerprint density at radius 2 is 1.70 bits per heavy atom. The third kappa shape index (κ3) is 5.85. The predicted molar refractivity (Wildman–Crippen MR) is 89.3 cm³/mol. The van der Waals surface area contributed by atoms with Crippen LogP contribution in [-0.2, 0) is 14.1 Å². The standard InChI is InChI=1S/C15H18N2O9S/c18-15(24-7-6-10-4-2-1-3-5-10)11-8-12(16(19)20)14(27-26-25-23)13(9-11)17(21)22/h8-10,23H,1-7H2/p-1. The Morgan fingerprint density at radius 3 is 2.22 bits per heavy atom. The van der Waals surface area contributed by atoms with E-state index in [9.17, 15) is 30.3 Å². The maximum absolute atomic E-state index is 12.2. The van der Waals surface area contributed by atoms with E-state index in [0.29, 0.717) is 12.3 Å². The molecule has 0 amide bonds. The zero-order chi connectivity index (χ0) is 19.8. The Balaban J connectivity index is 2.15. The highest BCUT2D eigenvalue weighted by atomic mass is 32.2. The molecule has 1 aromatic rings. The maximum Gasteiger partial charge on any atom is 0.338 e. The molecular weight excluding hydrogens is 384 g/mol. The molecule has 1 aliphatic rings. The summed E-state index contributed by atoms with van der Waals surface area (Å²) in [4.78, 5) is 32.2. The number of ether oxygens (including phenoxy) is 1. The number of esters is 1. The highest BCUT2D eigenvalue weighted by Gasteiger charge is 2.30. The van der Waals surface area contributed by atoms with Gasteiger partial charge in [0.25, 0.3) is 11.4 Å². The predicted octanol–water partition coefficient (Wildman–Crippen LogP) is 2.86. The molecule has 148 valence electrons. The van der Waals surface area contributed by atoms with Gasteiger partial charge in [0, 0.05) is 12.1 Å². The highest BCUT2D eigenvalue weighted by Crippen LogP contribution is 2.39. The third-order valence-corrected chi connectivity index (χ3v) is 5.02. The van der Waals surface area contributed by atoms with E-state index >= 15 is 0 Å². The van der Waals surface area contributed by atoms with Crippen molar-refractivity contribution in [2.45, 2.75) is 43.4 Å². The maximum atomic E-state index is 12.2. The molecule has 0 saturated heterocycles. The molecule has 0 atom stereocenters. The molecule has 0 aliphatic heterocycles. The Labute approximate surface area is 158 Å². The summed E-state index contributed by atoms with van der Waals surface area (Å²) in [6.45, 7) is 0.134. The molecule has 0 bridgehead atoms. The Hall–Kier alpha value is -2.28. The average Bonchev–Trinajstić information content (AvgIpc) is 2.66. The molecule has 0 radical (unpaired) electrons. The van der Waals surface area contributed by atoms with Crippen LogP contribution in [0.5, 0.6) is 0 Å². The van der Waals surface area contributed by atoms with E-state index in [1.54, 1.807) is 0 Å². The van der Waals surface area contributed by atoms with Crippen molar-refractivity contribution in [3.05, 3.63) is 37.9 Å². The van der Waals surface area contributed by atoms with Gasteiger partial charge in [0.1, 0.15) is 0 Å². The lowest BCUT2D eigenvalue weighted by Crippen LogP contribution is -2.13. The number of benzene rings is 1. The molecule has 0 unspecified atom stereocenters. The number of rotatable bonds is 9. The smallest absolute Gasteiger partial charge is 0.338 e. The van der Waals surface area contributed by atoms with E-state index in [1.165, 1.54) is 6.42 Å². The van der Waals surface area contributed by atoms with Crippen molar-refractivity contribution in [2.24, 2.45) is 5.92 Å². The van der Waals surface area contributed by atoms with Crippen molar-refractivity contribution < 1.29 is 34.0 Å². The largest absolute Gasteiger partial charge is 0.691 e. The van der Waals surface area contributed by atoms with Crippen molar-refractivity contribution in [2.75, 3.05) is 6.61 Å². The molecule has 1 saturated carbocycles. The molecular formula is C15H17N2O9S-. The van der Waals surface area contributed by atoms with Gasteiger partial charge in [-0.1, -0.05) is 32.1 Å². The lowest BCUT2D eigenvalue weighted by Gasteiger charge is -2.21. The van der Waals surface area contributed by atoms with Gasteiger partial charge in [0.15, 0.2) is 4.90 Å². The van der Waals surface area contributed by atoms with Gasteiger partial charge in [-0.2, -0.15) is 4.33 Å². The summed E-state index contributed by atoms with van der Waals surface area (Å²) in [6, 6.07) is 1.68. The number of nitrogens with zero attached hydrogens (tertiary/aromatic N) is 2. The third-order valence-electron chi connectivity index (χ3n) is 4.31. The first kappa shape index (κ1) is 21.0. The first-order valence-corrected chi connectivity index (χ1v) is 8.95. The quantitative estimate of drug-likeness (QED) is 0.198. The zero-order valence-electron chi connectivity index (χ0n) is 14.2. The molecule has 12 heteroatoms. The van der Waals surface area contributed by atoms with E-state index in [-0.39, 0.29) is 24.2 Å². The fraction of sp³-hybridized carbons (Fsp3) is 0.533. The minimum absolute atomic E-state index is 0.0172. The lowest BCUT2D eigenvalue weighted by atomic mass is 9.87. The van der Waals surface area contributed by atoms with Gasteiger partial charge in [-0.3, -0.25) is 25.3 Å². The lowest BCUT2D eigenvalue weighted by molar-refractivity contribution is -0.777. The second-order valence-corrected chi connectivity index (χ2v) is 6.72. The van der Waals surface area contributed by atoms with Crippen molar-refractivity contribution >= 4 is 29.4 Å². The van der Waals surface area contributed by atoms with Crippen LogP contribution in [0.2, 0.25) is 0 Å². The van der Waals surface area contributed by atoms with E-state index < -0.39 is 32.1 Å². The Morgan fingerprint density at radius 1 is 1.11 bits per heavy atom. The number of carbonyl (C=O) groups is 1. The van der Waals surface area contributed by atoms with Crippen molar-refractivity contribution in [3.63, 3.8) is 0 Å². The second-order valence-electron chi connectivity index (χ2n) is 6.01. The molecule has 11 nitrogen and oxygen atoms in total. The Kier molecular flexibility index (Phi) is 7.91. The fourth-order valence-corrected chi connectivity index (χ4v) is 3.53. The van der Waals surface area contributed by atoms with Crippen LogP contribution in [0.15, 0.2) is 17.0 Å². The Bertz CT molecular complexity index is 672. The number of hydrogen-bond donors (Lipinski definition) is 0. The summed E-state index contributed by atoms with van der Waals surface area (Å²) in [5, 5.41) is 35.4. The van der Waals surface area contributed by atoms with E-state index in [0.717, 1.165) is 37.8 Å². The summed E-state index contributed by atoms with van der Waals surface area (Å²) in [6.07, 6.45) is 6.31. The van der Waals surface area contributed by atoms with Crippen LogP contribution < -0.4 is 5.26 Å². The van der Waals surface area contributed by atoms with E-state index in [4.69, 9.17) is 4.74 Å². The highest BCUT2D eigenvalue weighted by molar-refractivity contribution is 7.94. The molecule has 0 N–H and O–H groups in total. The monoisotopic (exact) mass is 401 g/mol. The van der Waals surface area contributed by atoms with Crippen LogP contribution in [0.25, 0.3) is 0 Å². The van der Waals surface area contributed by atoms with Crippen molar-refractivity contribution in [1.29, 1.82) is 0 Å². The summed E-state index contributed by atoms with van der Waals surface area (Å²) < 4.78 is 9.09. The molecule has 0 heterocycles. The second kappa shape index (κ2) is 10.2. The normalized spacial score (nSPS) is 14.7. The molecule has 2 rings (SSSR count). The van der Waals surface area contributed by atoms with Crippen LogP contribution >= 0.6 is 12.0 Å². The molecule has 27 heavy (non-hydrogen) atoms.